The molecule has 0 unspecified atom stereocenters. The Morgan fingerprint density at radius 2 is 2.06 bits per heavy atom. The molecule has 0 atom stereocenters. The predicted octanol–water partition coefficient (Wildman–Crippen LogP) is 1.19. The topological polar surface area (TPSA) is 106 Å². The molecule has 0 aliphatic carbocycles. The Bertz CT molecular complexity index is 548. The second-order valence-electron chi connectivity index (χ2n) is 3.17. The van der Waals surface area contributed by atoms with Gasteiger partial charge in [0.05, 0.1) is 11.9 Å². The van der Waals surface area contributed by atoms with E-state index in [1.54, 1.807) is 0 Å². The SMILES string of the molecule is O=C(O)c1cn[nH]c1-c1cc(O)ccc1O. The zero-order valence-electron chi connectivity index (χ0n) is 8.01. The summed E-state index contributed by atoms with van der Waals surface area (Å²) >= 11 is 0. The van der Waals surface area contributed by atoms with Crippen LogP contribution in [-0.2, 0) is 0 Å². The first kappa shape index (κ1) is 10.0. The second-order valence-corrected chi connectivity index (χ2v) is 3.17. The van der Waals surface area contributed by atoms with E-state index < -0.39 is 5.97 Å². The lowest BCUT2D eigenvalue weighted by molar-refractivity contribution is 0.0698. The second kappa shape index (κ2) is 3.58. The minimum Gasteiger partial charge on any atom is -0.508 e. The van der Waals surface area contributed by atoms with Crippen LogP contribution in [0.4, 0.5) is 0 Å². The molecule has 0 amide bonds. The van der Waals surface area contributed by atoms with Crippen molar-refractivity contribution in [2.24, 2.45) is 0 Å². The van der Waals surface area contributed by atoms with E-state index in [0.717, 1.165) is 6.20 Å². The fraction of sp³-hybridized carbons (Fsp3) is 0. The van der Waals surface area contributed by atoms with E-state index in [2.05, 4.69) is 10.2 Å². The fourth-order valence-electron chi connectivity index (χ4n) is 1.38. The number of benzene rings is 1. The van der Waals surface area contributed by atoms with Gasteiger partial charge in [-0.25, -0.2) is 4.79 Å². The number of carboxylic acids is 1. The first-order valence-corrected chi connectivity index (χ1v) is 4.38. The van der Waals surface area contributed by atoms with Gasteiger partial charge in [-0.15, -0.1) is 0 Å². The summed E-state index contributed by atoms with van der Waals surface area (Å²) in [6, 6.07) is 3.84. The zero-order chi connectivity index (χ0) is 11.7. The summed E-state index contributed by atoms with van der Waals surface area (Å²) in [4.78, 5) is 10.8. The summed E-state index contributed by atoms with van der Waals surface area (Å²) < 4.78 is 0. The number of aromatic amines is 1. The molecule has 0 aliphatic rings. The third-order valence-corrected chi connectivity index (χ3v) is 2.12. The Balaban J connectivity index is 2.62. The number of hydrogen-bond acceptors (Lipinski definition) is 4. The molecule has 0 bridgehead atoms. The highest BCUT2D eigenvalue weighted by atomic mass is 16.4. The number of hydrogen-bond donors (Lipinski definition) is 4. The molecule has 0 aliphatic heterocycles. The van der Waals surface area contributed by atoms with Crippen molar-refractivity contribution in [3.05, 3.63) is 30.0 Å². The van der Waals surface area contributed by atoms with Crippen molar-refractivity contribution in [1.82, 2.24) is 10.2 Å². The number of aromatic carboxylic acids is 1. The van der Waals surface area contributed by atoms with Gasteiger partial charge in [-0.1, -0.05) is 0 Å². The summed E-state index contributed by atoms with van der Waals surface area (Å²) in [7, 11) is 0. The van der Waals surface area contributed by atoms with Gasteiger partial charge in [0, 0.05) is 5.56 Å². The molecule has 6 heteroatoms. The van der Waals surface area contributed by atoms with Crippen LogP contribution in [0, 0.1) is 0 Å². The number of nitrogens with zero attached hydrogens (tertiary/aromatic N) is 1. The number of aromatic hydroxyl groups is 2. The Morgan fingerprint density at radius 3 is 2.75 bits per heavy atom. The Labute approximate surface area is 89.8 Å². The zero-order valence-corrected chi connectivity index (χ0v) is 8.01. The van der Waals surface area contributed by atoms with Gasteiger partial charge in [-0.3, -0.25) is 5.10 Å². The standard InChI is InChI=1S/C10H8N2O4/c13-5-1-2-8(14)6(3-5)9-7(10(15)16)4-11-12-9/h1-4,13-14H,(H,11,12)(H,15,16). The van der Waals surface area contributed by atoms with Crippen molar-refractivity contribution in [1.29, 1.82) is 0 Å². The van der Waals surface area contributed by atoms with Gasteiger partial charge in [0.25, 0.3) is 0 Å². The number of phenols is 2. The van der Waals surface area contributed by atoms with Crippen molar-refractivity contribution in [2.75, 3.05) is 0 Å². The number of carbonyl (C=O) groups is 1. The van der Waals surface area contributed by atoms with Crippen LogP contribution in [0.5, 0.6) is 11.5 Å². The van der Waals surface area contributed by atoms with Gasteiger partial charge in [0.1, 0.15) is 17.1 Å². The van der Waals surface area contributed by atoms with Gasteiger partial charge < -0.3 is 15.3 Å². The fourth-order valence-corrected chi connectivity index (χ4v) is 1.38. The van der Waals surface area contributed by atoms with Gasteiger partial charge >= 0.3 is 5.97 Å². The largest absolute Gasteiger partial charge is 0.508 e. The Morgan fingerprint density at radius 1 is 1.31 bits per heavy atom. The smallest absolute Gasteiger partial charge is 0.339 e. The molecule has 0 saturated heterocycles. The van der Waals surface area contributed by atoms with Crippen molar-refractivity contribution in [3.63, 3.8) is 0 Å². The molecule has 1 heterocycles. The number of nitrogens with one attached hydrogen (secondary N) is 1. The lowest BCUT2D eigenvalue weighted by Gasteiger charge is -2.03. The summed E-state index contributed by atoms with van der Waals surface area (Å²) in [5, 5.41) is 33.8. The van der Waals surface area contributed by atoms with Crippen molar-refractivity contribution < 1.29 is 20.1 Å². The van der Waals surface area contributed by atoms with Gasteiger partial charge in [0.2, 0.25) is 0 Å². The van der Waals surface area contributed by atoms with Crippen LogP contribution in [0.2, 0.25) is 0 Å². The third kappa shape index (κ3) is 1.56. The molecule has 1 aromatic carbocycles. The molecular weight excluding hydrogens is 212 g/mol. The van der Waals surface area contributed by atoms with Crippen molar-refractivity contribution in [2.45, 2.75) is 0 Å². The monoisotopic (exact) mass is 220 g/mol. The van der Waals surface area contributed by atoms with Gasteiger partial charge in [-0.05, 0) is 18.2 Å². The Kier molecular flexibility index (Phi) is 2.24. The number of H-pyrrole nitrogens is 1. The molecule has 1 aromatic heterocycles. The molecule has 16 heavy (non-hydrogen) atoms. The number of carboxylic acid groups (broad SMARTS) is 1. The molecular formula is C10H8N2O4. The lowest BCUT2D eigenvalue weighted by Crippen LogP contribution is -1.96. The van der Waals surface area contributed by atoms with E-state index in [-0.39, 0.29) is 28.3 Å². The summed E-state index contributed by atoms with van der Waals surface area (Å²) in [5.41, 5.74) is 0.275. The van der Waals surface area contributed by atoms with E-state index in [1.165, 1.54) is 18.2 Å². The lowest BCUT2D eigenvalue weighted by atomic mass is 10.1. The molecule has 82 valence electrons. The van der Waals surface area contributed by atoms with Crippen LogP contribution in [-0.4, -0.2) is 31.5 Å². The van der Waals surface area contributed by atoms with Crippen molar-refractivity contribution >= 4 is 5.97 Å². The van der Waals surface area contributed by atoms with E-state index in [4.69, 9.17) is 5.11 Å². The molecule has 0 fully saturated rings. The predicted molar refractivity (Wildman–Crippen MR) is 54.3 cm³/mol. The summed E-state index contributed by atoms with van der Waals surface area (Å²) in [5.74, 6) is -1.37. The minimum absolute atomic E-state index is 0.0686. The summed E-state index contributed by atoms with van der Waals surface area (Å²) in [6.07, 6.45) is 1.14. The number of phenolic OH excluding ortho intramolecular Hbond substituents is 2. The normalized spacial score (nSPS) is 10.2. The van der Waals surface area contributed by atoms with E-state index in [1.807, 2.05) is 0 Å². The number of rotatable bonds is 2. The van der Waals surface area contributed by atoms with Gasteiger partial charge in [0.15, 0.2) is 0 Å². The van der Waals surface area contributed by atoms with Crippen LogP contribution in [0.25, 0.3) is 11.3 Å². The average Bonchev–Trinajstić information content (AvgIpc) is 2.70. The maximum Gasteiger partial charge on any atom is 0.339 e. The number of aromatic nitrogens is 2. The highest BCUT2D eigenvalue weighted by molar-refractivity contribution is 5.95. The minimum atomic E-state index is -1.16. The molecule has 4 N–H and O–H groups in total. The summed E-state index contributed by atoms with van der Waals surface area (Å²) in [6.45, 7) is 0. The third-order valence-electron chi connectivity index (χ3n) is 2.12. The van der Waals surface area contributed by atoms with Crippen LogP contribution in [0.1, 0.15) is 10.4 Å². The highest BCUT2D eigenvalue weighted by Gasteiger charge is 2.16. The highest BCUT2D eigenvalue weighted by Crippen LogP contribution is 2.32. The first-order valence-electron chi connectivity index (χ1n) is 4.38. The quantitative estimate of drug-likeness (QED) is 0.568. The van der Waals surface area contributed by atoms with Crippen LogP contribution < -0.4 is 0 Å². The maximum atomic E-state index is 10.8. The molecule has 0 spiro atoms. The first-order chi connectivity index (χ1) is 7.59. The van der Waals surface area contributed by atoms with E-state index in [9.17, 15) is 15.0 Å². The van der Waals surface area contributed by atoms with Crippen LogP contribution in [0.15, 0.2) is 24.4 Å². The van der Waals surface area contributed by atoms with Crippen LogP contribution >= 0.6 is 0 Å². The molecule has 0 radical (unpaired) electrons. The van der Waals surface area contributed by atoms with E-state index in [0.29, 0.717) is 0 Å². The molecule has 2 aromatic rings. The molecule has 6 nitrogen and oxygen atoms in total. The Hall–Kier alpha value is -2.50. The molecule has 2 rings (SSSR count). The van der Waals surface area contributed by atoms with Crippen molar-refractivity contribution in [3.8, 4) is 22.8 Å². The average molecular weight is 220 g/mol. The van der Waals surface area contributed by atoms with Crippen LogP contribution in [0.3, 0.4) is 0 Å². The van der Waals surface area contributed by atoms with Gasteiger partial charge in [-0.2, -0.15) is 5.10 Å². The molecule has 0 saturated carbocycles. The van der Waals surface area contributed by atoms with E-state index >= 15 is 0 Å². The maximum absolute atomic E-state index is 10.8.